The molecule has 1 aliphatic heterocycles. The molecule has 0 aliphatic carbocycles. The van der Waals surface area contributed by atoms with Gasteiger partial charge in [0.15, 0.2) is 0 Å². The minimum atomic E-state index is 0.200. The molecule has 18 heavy (non-hydrogen) atoms. The number of hydrogen-bond acceptors (Lipinski definition) is 2. The molecule has 1 amide bonds. The maximum absolute atomic E-state index is 12.5. The molecule has 3 heteroatoms. The number of hydrogen-bond donors (Lipinski definition) is 1. The summed E-state index contributed by atoms with van der Waals surface area (Å²) in [4.78, 5) is 14.5. The van der Waals surface area contributed by atoms with Crippen molar-refractivity contribution in [3.8, 4) is 0 Å². The largest absolute Gasteiger partial charge is 0.338 e. The lowest BCUT2D eigenvalue weighted by Gasteiger charge is -2.18. The van der Waals surface area contributed by atoms with Crippen LogP contribution in [0.2, 0.25) is 0 Å². The Morgan fingerprint density at radius 2 is 2.22 bits per heavy atom. The highest BCUT2D eigenvalue weighted by Crippen LogP contribution is 2.19. The van der Waals surface area contributed by atoms with E-state index in [4.69, 9.17) is 0 Å². The molecule has 1 fully saturated rings. The second-order valence-electron chi connectivity index (χ2n) is 5.16. The summed E-state index contributed by atoms with van der Waals surface area (Å²) < 4.78 is 0. The SMILES string of the molecule is CNCCc1ccccc1C(=O)N1CCC(C)C1. The van der Waals surface area contributed by atoms with Gasteiger partial charge in [0, 0.05) is 18.7 Å². The van der Waals surface area contributed by atoms with Gasteiger partial charge in [0.05, 0.1) is 0 Å². The summed E-state index contributed by atoms with van der Waals surface area (Å²) in [6, 6.07) is 7.98. The fourth-order valence-electron chi connectivity index (χ4n) is 2.50. The van der Waals surface area contributed by atoms with E-state index in [2.05, 4.69) is 18.3 Å². The first kappa shape index (κ1) is 13.1. The van der Waals surface area contributed by atoms with Gasteiger partial charge in [-0.25, -0.2) is 0 Å². The second kappa shape index (κ2) is 6.01. The molecule has 1 aromatic carbocycles. The fraction of sp³-hybridized carbons (Fsp3) is 0.533. The van der Waals surface area contributed by atoms with E-state index in [0.29, 0.717) is 5.92 Å². The first-order valence-corrected chi connectivity index (χ1v) is 6.74. The summed E-state index contributed by atoms with van der Waals surface area (Å²) >= 11 is 0. The van der Waals surface area contributed by atoms with E-state index in [9.17, 15) is 4.79 Å². The molecule has 1 saturated heterocycles. The molecule has 0 saturated carbocycles. The first-order valence-electron chi connectivity index (χ1n) is 6.74. The van der Waals surface area contributed by atoms with Crippen LogP contribution < -0.4 is 5.32 Å². The van der Waals surface area contributed by atoms with Crippen LogP contribution in [0.5, 0.6) is 0 Å². The molecule has 3 nitrogen and oxygen atoms in total. The summed E-state index contributed by atoms with van der Waals surface area (Å²) in [6.07, 6.45) is 2.03. The Morgan fingerprint density at radius 3 is 2.89 bits per heavy atom. The summed E-state index contributed by atoms with van der Waals surface area (Å²) in [5.41, 5.74) is 2.03. The molecule has 1 aliphatic rings. The highest BCUT2D eigenvalue weighted by Gasteiger charge is 2.25. The van der Waals surface area contributed by atoms with Crippen LogP contribution in [0, 0.1) is 5.92 Å². The molecule has 1 aromatic rings. The quantitative estimate of drug-likeness (QED) is 0.880. The Kier molecular flexibility index (Phi) is 4.37. The zero-order valence-electron chi connectivity index (χ0n) is 11.3. The lowest BCUT2D eigenvalue weighted by Crippen LogP contribution is -2.29. The van der Waals surface area contributed by atoms with Crippen LogP contribution in [-0.4, -0.2) is 37.5 Å². The lowest BCUT2D eigenvalue weighted by atomic mass is 10.0. The van der Waals surface area contributed by atoms with Crippen molar-refractivity contribution in [2.45, 2.75) is 19.8 Å². The van der Waals surface area contributed by atoms with Crippen LogP contribution in [0.4, 0.5) is 0 Å². The fourth-order valence-corrected chi connectivity index (χ4v) is 2.50. The predicted molar refractivity (Wildman–Crippen MR) is 73.8 cm³/mol. The molecular weight excluding hydrogens is 224 g/mol. The third-order valence-corrected chi connectivity index (χ3v) is 3.60. The van der Waals surface area contributed by atoms with E-state index in [0.717, 1.165) is 43.6 Å². The van der Waals surface area contributed by atoms with Crippen LogP contribution >= 0.6 is 0 Å². The van der Waals surface area contributed by atoms with Crippen molar-refractivity contribution >= 4 is 5.91 Å². The van der Waals surface area contributed by atoms with E-state index >= 15 is 0 Å². The van der Waals surface area contributed by atoms with Crippen molar-refractivity contribution in [3.63, 3.8) is 0 Å². The third-order valence-electron chi connectivity index (χ3n) is 3.60. The number of nitrogens with zero attached hydrogens (tertiary/aromatic N) is 1. The van der Waals surface area contributed by atoms with Crippen LogP contribution in [0.1, 0.15) is 29.3 Å². The number of rotatable bonds is 4. The smallest absolute Gasteiger partial charge is 0.254 e. The third kappa shape index (κ3) is 2.91. The van der Waals surface area contributed by atoms with Crippen molar-refractivity contribution in [2.24, 2.45) is 5.92 Å². The van der Waals surface area contributed by atoms with Crippen molar-refractivity contribution in [2.75, 3.05) is 26.7 Å². The Morgan fingerprint density at radius 1 is 1.44 bits per heavy atom. The monoisotopic (exact) mass is 246 g/mol. The average Bonchev–Trinajstić information content (AvgIpc) is 2.82. The van der Waals surface area contributed by atoms with Crippen LogP contribution in [-0.2, 0) is 6.42 Å². The van der Waals surface area contributed by atoms with Gasteiger partial charge in [-0.3, -0.25) is 4.79 Å². The van der Waals surface area contributed by atoms with E-state index in [1.807, 2.05) is 30.1 Å². The number of amides is 1. The average molecular weight is 246 g/mol. The standard InChI is InChI=1S/C15H22N2O/c1-12-8-10-17(11-12)15(18)14-6-4-3-5-13(14)7-9-16-2/h3-6,12,16H,7-11H2,1-2H3. The Labute approximate surface area is 109 Å². The normalized spacial score (nSPS) is 19.2. The number of carbonyl (C=O) groups is 1. The van der Waals surface area contributed by atoms with E-state index in [1.165, 1.54) is 0 Å². The molecule has 0 aromatic heterocycles. The van der Waals surface area contributed by atoms with Crippen molar-refractivity contribution in [1.82, 2.24) is 10.2 Å². The molecule has 98 valence electrons. The van der Waals surface area contributed by atoms with Gasteiger partial charge in [-0.15, -0.1) is 0 Å². The number of likely N-dealkylation sites (tertiary alicyclic amines) is 1. The number of likely N-dealkylation sites (N-methyl/N-ethyl adjacent to an activating group) is 1. The molecule has 1 atom stereocenters. The van der Waals surface area contributed by atoms with Crippen LogP contribution in [0.3, 0.4) is 0 Å². The summed E-state index contributed by atoms with van der Waals surface area (Å²) in [6.45, 7) is 4.92. The molecule has 1 unspecified atom stereocenters. The van der Waals surface area contributed by atoms with Gasteiger partial charge in [0.1, 0.15) is 0 Å². The Balaban J connectivity index is 2.14. The van der Waals surface area contributed by atoms with Gasteiger partial charge >= 0.3 is 0 Å². The lowest BCUT2D eigenvalue weighted by molar-refractivity contribution is 0.0787. The molecular formula is C15H22N2O. The van der Waals surface area contributed by atoms with Gasteiger partial charge in [-0.05, 0) is 44.0 Å². The topological polar surface area (TPSA) is 32.3 Å². The summed E-state index contributed by atoms with van der Waals surface area (Å²) in [5, 5.41) is 3.13. The summed E-state index contributed by atoms with van der Waals surface area (Å²) in [7, 11) is 1.94. The zero-order chi connectivity index (χ0) is 13.0. The molecule has 0 bridgehead atoms. The van der Waals surface area contributed by atoms with Crippen molar-refractivity contribution < 1.29 is 4.79 Å². The number of benzene rings is 1. The number of carbonyl (C=O) groups excluding carboxylic acids is 1. The highest BCUT2D eigenvalue weighted by atomic mass is 16.2. The Bertz CT molecular complexity index is 417. The van der Waals surface area contributed by atoms with Gasteiger partial charge in [0.2, 0.25) is 0 Å². The van der Waals surface area contributed by atoms with Crippen molar-refractivity contribution in [1.29, 1.82) is 0 Å². The number of nitrogens with one attached hydrogen (secondary N) is 1. The van der Waals surface area contributed by atoms with E-state index < -0.39 is 0 Å². The minimum Gasteiger partial charge on any atom is -0.338 e. The molecule has 1 heterocycles. The summed E-state index contributed by atoms with van der Waals surface area (Å²) in [5.74, 6) is 0.837. The first-order chi connectivity index (χ1) is 8.72. The van der Waals surface area contributed by atoms with Gasteiger partial charge in [-0.1, -0.05) is 25.1 Å². The van der Waals surface area contributed by atoms with Crippen LogP contribution in [0.25, 0.3) is 0 Å². The van der Waals surface area contributed by atoms with Crippen LogP contribution in [0.15, 0.2) is 24.3 Å². The van der Waals surface area contributed by atoms with Gasteiger partial charge in [-0.2, -0.15) is 0 Å². The highest BCUT2D eigenvalue weighted by molar-refractivity contribution is 5.95. The Hall–Kier alpha value is -1.35. The predicted octanol–water partition coefficient (Wildman–Crippen LogP) is 1.93. The second-order valence-corrected chi connectivity index (χ2v) is 5.16. The molecule has 0 radical (unpaired) electrons. The minimum absolute atomic E-state index is 0.200. The zero-order valence-corrected chi connectivity index (χ0v) is 11.3. The van der Waals surface area contributed by atoms with E-state index in [-0.39, 0.29) is 5.91 Å². The van der Waals surface area contributed by atoms with Crippen molar-refractivity contribution in [3.05, 3.63) is 35.4 Å². The van der Waals surface area contributed by atoms with E-state index in [1.54, 1.807) is 0 Å². The molecule has 0 spiro atoms. The van der Waals surface area contributed by atoms with Gasteiger partial charge in [0.25, 0.3) is 5.91 Å². The molecule has 1 N–H and O–H groups in total. The van der Waals surface area contributed by atoms with Gasteiger partial charge < -0.3 is 10.2 Å². The molecule has 2 rings (SSSR count). The maximum atomic E-state index is 12.5. The maximum Gasteiger partial charge on any atom is 0.254 e.